The number of hydrogen-bond acceptors (Lipinski definition) is 5. The molecule has 3 aromatic rings. The number of amides is 1. The number of rotatable bonds is 6. The summed E-state index contributed by atoms with van der Waals surface area (Å²) in [5, 5.41) is 13.5. The van der Waals surface area contributed by atoms with Crippen molar-refractivity contribution < 1.29 is 13.6 Å². The molecule has 0 radical (unpaired) electrons. The lowest BCUT2D eigenvalue weighted by Crippen LogP contribution is -2.15. The predicted molar refractivity (Wildman–Crippen MR) is 97.3 cm³/mol. The molecular weight excluding hydrogens is 378 g/mol. The van der Waals surface area contributed by atoms with Crippen LogP contribution < -0.4 is 5.32 Å². The lowest BCUT2D eigenvalue weighted by Gasteiger charge is -2.08. The van der Waals surface area contributed by atoms with E-state index in [2.05, 4.69) is 20.1 Å². The van der Waals surface area contributed by atoms with Gasteiger partial charge in [0.1, 0.15) is 11.6 Å². The molecule has 0 aliphatic heterocycles. The highest BCUT2D eigenvalue weighted by Crippen LogP contribution is 2.41. The Morgan fingerprint density at radius 2 is 2.15 bits per heavy atom. The van der Waals surface area contributed by atoms with Crippen molar-refractivity contribution in [2.75, 3.05) is 11.1 Å². The number of hydrogen-bond donors (Lipinski definition) is 1. The van der Waals surface area contributed by atoms with Crippen molar-refractivity contribution in [3.05, 3.63) is 47.3 Å². The number of carbonyl (C=O) groups is 1. The van der Waals surface area contributed by atoms with Crippen LogP contribution in [-0.4, -0.2) is 26.4 Å². The van der Waals surface area contributed by atoms with Crippen LogP contribution >= 0.6 is 23.1 Å². The number of carbonyl (C=O) groups excluding carboxylic acids is 1. The fourth-order valence-corrected chi connectivity index (χ4v) is 4.03. The minimum atomic E-state index is -0.675. The number of thiophene rings is 1. The molecule has 0 bridgehead atoms. The average Bonchev–Trinajstić information content (AvgIpc) is 3.15. The predicted octanol–water partition coefficient (Wildman–Crippen LogP) is 4.35. The zero-order valence-electron chi connectivity index (χ0n) is 13.5. The maximum Gasteiger partial charge on any atom is 0.234 e. The second-order valence-corrected chi connectivity index (χ2v) is 7.74. The van der Waals surface area contributed by atoms with E-state index in [0.29, 0.717) is 11.2 Å². The van der Waals surface area contributed by atoms with Gasteiger partial charge in [-0.3, -0.25) is 9.36 Å². The molecule has 0 atom stereocenters. The summed E-state index contributed by atoms with van der Waals surface area (Å²) in [5.74, 6) is -0.871. The lowest BCUT2D eigenvalue weighted by atomic mass is 10.3. The minimum Gasteiger partial charge on any atom is -0.323 e. The van der Waals surface area contributed by atoms with Crippen LogP contribution in [0.5, 0.6) is 0 Å². The van der Waals surface area contributed by atoms with Gasteiger partial charge in [0, 0.05) is 12.1 Å². The summed E-state index contributed by atoms with van der Waals surface area (Å²) in [6.45, 7) is 0. The molecule has 2 aromatic heterocycles. The van der Waals surface area contributed by atoms with E-state index < -0.39 is 17.5 Å². The molecule has 1 saturated carbocycles. The summed E-state index contributed by atoms with van der Waals surface area (Å²) in [5.41, 5.74) is -0.168. The van der Waals surface area contributed by atoms with Gasteiger partial charge in [0.2, 0.25) is 5.91 Å². The highest BCUT2D eigenvalue weighted by Gasteiger charge is 2.30. The van der Waals surface area contributed by atoms with Gasteiger partial charge >= 0.3 is 0 Å². The van der Waals surface area contributed by atoms with Gasteiger partial charge in [-0.25, -0.2) is 8.78 Å². The van der Waals surface area contributed by atoms with E-state index in [9.17, 15) is 13.6 Å². The summed E-state index contributed by atoms with van der Waals surface area (Å²) in [6.07, 6.45) is 2.12. The molecular formula is C17H14F2N4OS2. The third-order valence-corrected chi connectivity index (χ3v) is 5.66. The largest absolute Gasteiger partial charge is 0.323 e. The lowest BCUT2D eigenvalue weighted by molar-refractivity contribution is -0.113. The summed E-state index contributed by atoms with van der Waals surface area (Å²) in [4.78, 5) is 13.1. The number of nitrogens with one attached hydrogen (secondary N) is 1. The van der Waals surface area contributed by atoms with E-state index in [-0.39, 0.29) is 11.4 Å². The Morgan fingerprint density at radius 3 is 2.88 bits per heavy atom. The highest BCUT2D eigenvalue weighted by molar-refractivity contribution is 7.99. The normalized spacial score (nSPS) is 13.8. The molecule has 4 rings (SSSR count). The molecule has 1 aliphatic rings. The monoisotopic (exact) mass is 392 g/mol. The Kier molecular flexibility index (Phi) is 4.73. The molecule has 1 amide bonds. The average molecular weight is 392 g/mol. The van der Waals surface area contributed by atoms with Crippen molar-refractivity contribution in [2.45, 2.75) is 24.0 Å². The highest BCUT2D eigenvalue weighted by atomic mass is 32.2. The van der Waals surface area contributed by atoms with Crippen molar-refractivity contribution in [1.82, 2.24) is 14.8 Å². The number of halogens is 2. The SMILES string of the molecule is O=C(CSc1nnc(-c2cccs2)n1C1CC1)Nc1cc(F)ccc1F. The van der Waals surface area contributed by atoms with E-state index in [4.69, 9.17) is 0 Å². The molecule has 1 aliphatic carbocycles. The molecule has 1 fully saturated rings. The van der Waals surface area contributed by atoms with E-state index in [1.54, 1.807) is 11.3 Å². The van der Waals surface area contributed by atoms with E-state index in [1.165, 1.54) is 11.8 Å². The third kappa shape index (κ3) is 3.63. The number of anilines is 1. The van der Waals surface area contributed by atoms with Gasteiger partial charge < -0.3 is 5.32 Å². The zero-order chi connectivity index (χ0) is 18.1. The first-order valence-electron chi connectivity index (χ1n) is 7.98. The molecule has 0 spiro atoms. The molecule has 0 saturated heterocycles. The van der Waals surface area contributed by atoms with Crippen LogP contribution in [0.25, 0.3) is 10.7 Å². The van der Waals surface area contributed by atoms with Crippen molar-refractivity contribution >= 4 is 34.7 Å². The van der Waals surface area contributed by atoms with E-state index >= 15 is 0 Å². The maximum absolute atomic E-state index is 13.6. The van der Waals surface area contributed by atoms with Crippen LogP contribution in [-0.2, 0) is 4.79 Å². The van der Waals surface area contributed by atoms with Crippen LogP contribution in [0.4, 0.5) is 14.5 Å². The zero-order valence-corrected chi connectivity index (χ0v) is 15.1. The Hall–Kier alpha value is -2.26. The molecule has 0 unspecified atom stereocenters. The second-order valence-electron chi connectivity index (χ2n) is 5.85. The molecule has 26 heavy (non-hydrogen) atoms. The fourth-order valence-electron chi connectivity index (χ4n) is 2.52. The van der Waals surface area contributed by atoms with Crippen LogP contribution in [0.2, 0.25) is 0 Å². The van der Waals surface area contributed by atoms with Gasteiger partial charge in [-0.1, -0.05) is 17.8 Å². The van der Waals surface area contributed by atoms with Crippen LogP contribution in [0, 0.1) is 11.6 Å². The number of thioether (sulfide) groups is 1. The Morgan fingerprint density at radius 1 is 1.31 bits per heavy atom. The van der Waals surface area contributed by atoms with E-state index in [1.807, 2.05) is 17.5 Å². The quantitative estimate of drug-likeness (QED) is 0.634. The number of nitrogens with zero attached hydrogens (tertiary/aromatic N) is 3. The Balaban J connectivity index is 1.46. The standard InChI is InChI=1S/C17H14F2N4OS2/c18-10-3-6-12(19)13(8-10)20-15(24)9-26-17-22-21-16(14-2-1-7-25-14)23(17)11-4-5-11/h1-3,6-8,11H,4-5,9H2,(H,20,24). The first-order chi connectivity index (χ1) is 12.6. The van der Waals surface area contributed by atoms with Crippen LogP contribution in [0.15, 0.2) is 40.9 Å². The number of aromatic nitrogens is 3. The topological polar surface area (TPSA) is 59.8 Å². The van der Waals surface area contributed by atoms with Gasteiger partial charge in [0.05, 0.1) is 16.3 Å². The van der Waals surface area contributed by atoms with Gasteiger partial charge in [0.15, 0.2) is 11.0 Å². The van der Waals surface area contributed by atoms with Gasteiger partial charge in [0.25, 0.3) is 0 Å². The maximum atomic E-state index is 13.6. The molecule has 9 heteroatoms. The van der Waals surface area contributed by atoms with Gasteiger partial charge in [-0.15, -0.1) is 21.5 Å². The summed E-state index contributed by atoms with van der Waals surface area (Å²) < 4.78 is 28.9. The Bertz CT molecular complexity index is 938. The van der Waals surface area contributed by atoms with Crippen molar-refractivity contribution in [1.29, 1.82) is 0 Å². The smallest absolute Gasteiger partial charge is 0.234 e. The molecule has 1 N–H and O–H groups in total. The van der Waals surface area contributed by atoms with Crippen LogP contribution in [0.1, 0.15) is 18.9 Å². The van der Waals surface area contributed by atoms with E-state index in [0.717, 1.165) is 41.7 Å². The molecule has 5 nitrogen and oxygen atoms in total. The first kappa shape index (κ1) is 17.2. The van der Waals surface area contributed by atoms with Crippen molar-refractivity contribution in [3.63, 3.8) is 0 Å². The minimum absolute atomic E-state index is 0.0330. The van der Waals surface area contributed by atoms with Gasteiger partial charge in [-0.05, 0) is 36.4 Å². The van der Waals surface area contributed by atoms with Crippen molar-refractivity contribution in [2.24, 2.45) is 0 Å². The summed E-state index contributed by atoms with van der Waals surface area (Å²) >= 11 is 2.83. The molecule has 1 aromatic carbocycles. The van der Waals surface area contributed by atoms with Gasteiger partial charge in [-0.2, -0.15) is 0 Å². The second kappa shape index (κ2) is 7.16. The summed E-state index contributed by atoms with van der Waals surface area (Å²) in [7, 11) is 0. The summed E-state index contributed by atoms with van der Waals surface area (Å²) in [6, 6.07) is 7.24. The number of benzene rings is 1. The van der Waals surface area contributed by atoms with Crippen molar-refractivity contribution in [3.8, 4) is 10.7 Å². The fraction of sp³-hybridized carbons (Fsp3) is 0.235. The molecule has 134 valence electrons. The Labute approximate surface area is 156 Å². The first-order valence-corrected chi connectivity index (χ1v) is 9.85. The third-order valence-electron chi connectivity index (χ3n) is 3.85. The molecule has 2 heterocycles. The van der Waals surface area contributed by atoms with Crippen LogP contribution in [0.3, 0.4) is 0 Å².